The van der Waals surface area contributed by atoms with Crippen molar-refractivity contribution in [1.29, 1.82) is 0 Å². The van der Waals surface area contributed by atoms with E-state index in [0.29, 0.717) is 9.98 Å². The number of nitrogens with two attached hydrogens (primary N) is 1. The Bertz CT molecular complexity index is 1060. The monoisotopic (exact) mass is 668 g/mol. The van der Waals surface area contributed by atoms with E-state index in [0.717, 1.165) is 48.7 Å². The summed E-state index contributed by atoms with van der Waals surface area (Å²) in [7, 11) is 0. The number of carbonyl (C=O) groups is 1. The van der Waals surface area contributed by atoms with E-state index < -0.39 is 11.7 Å². The van der Waals surface area contributed by atoms with Gasteiger partial charge in [0.2, 0.25) is 0 Å². The zero-order valence-electron chi connectivity index (χ0n) is 27.0. The highest BCUT2D eigenvalue weighted by atomic mass is 35.5. The molecule has 248 valence electrons. The Morgan fingerprint density at radius 2 is 1.09 bits per heavy atom. The average Bonchev–Trinajstić information content (AvgIpc) is 2.99. The van der Waals surface area contributed by atoms with Crippen molar-refractivity contribution in [2.75, 3.05) is 13.2 Å². The number of thiocarbonyl (C=S) groups is 2. The zero-order chi connectivity index (χ0) is 31.9. The van der Waals surface area contributed by atoms with E-state index in [-0.39, 0.29) is 12.4 Å². The molecule has 0 aliphatic carbocycles. The van der Waals surface area contributed by atoms with Crippen LogP contribution >= 0.6 is 36.8 Å². The van der Waals surface area contributed by atoms with E-state index in [4.69, 9.17) is 44.5 Å². The van der Waals surface area contributed by atoms with Crippen LogP contribution in [0.3, 0.4) is 0 Å². The molecule has 2 aromatic carbocycles. The van der Waals surface area contributed by atoms with E-state index in [1.807, 2.05) is 48.5 Å². The molecule has 0 atom stereocenters. The van der Waals surface area contributed by atoms with Crippen LogP contribution < -0.4 is 31.6 Å². The lowest BCUT2D eigenvalue weighted by Gasteiger charge is -2.20. The SMILES string of the molecule is CCCCCCCOc1ccc(C(=S)NN)cc1.CCCCCCCOc1ccc(C(=S)NNC(=O)OC(C)(C)C)cc1.Cl. The smallest absolute Gasteiger partial charge is 0.426 e. The van der Waals surface area contributed by atoms with Crippen LogP contribution in [0.1, 0.15) is 110 Å². The van der Waals surface area contributed by atoms with Gasteiger partial charge in [0.15, 0.2) is 0 Å². The zero-order valence-corrected chi connectivity index (χ0v) is 29.5. The molecule has 0 aliphatic rings. The van der Waals surface area contributed by atoms with Gasteiger partial charge >= 0.3 is 6.09 Å². The normalized spacial score (nSPS) is 10.3. The molecule has 44 heavy (non-hydrogen) atoms. The quantitative estimate of drug-likeness (QED) is 0.0608. The predicted molar refractivity (Wildman–Crippen MR) is 192 cm³/mol. The highest BCUT2D eigenvalue weighted by molar-refractivity contribution is 7.81. The van der Waals surface area contributed by atoms with Gasteiger partial charge in [0.1, 0.15) is 27.1 Å². The summed E-state index contributed by atoms with van der Waals surface area (Å²) in [6.07, 6.45) is 11.8. The van der Waals surface area contributed by atoms with Crippen LogP contribution in [-0.4, -0.2) is 34.9 Å². The number of rotatable bonds is 16. The fourth-order valence-electron chi connectivity index (χ4n) is 3.76. The molecule has 0 aromatic heterocycles. The van der Waals surface area contributed by atoms with Gasteiger partial charge in [-0.2, -0.15) is 0 Å². The van der Waals surface area contributed by atoms with Crippen molar-refractivity contribution >= 4 is 52.9 Å². The number of unbranched alkanes of at least 4 members (excludes halogenated alkanes) is 8. The van der Waals surface area contributed by atoms with Crippen molar-refractivity contribution < 1.29 is 19.0 Å². The first kappa shape index (κ1) is 41.3. The lowest BCUT2D eigenvalue weighted by Crippen LogP contribution is -2.43. The molecule has 0 spiro atoms. The number of hydrogen-bond acceptors (Lipinski definition) is 7. The van der Waals surface area contributed by atoms with Gasteiger partial charge in [-0.1, -0.05) is 89.6 Å². The second-order valence-electron chi connectivity index (χ2n) is 11.1. The Balaban J connectivity index is 0.000000863. The average molecular weight is 669 g/mol. The second kappa shape index (κ2) is 24.6. The predicted octanol–water partition coefficient (Wildman–Crippen LogP) is 8.34. The minimum absolute atomic E-state index is 0. The van der Waals surface area contributed by atoms with Crippen molar-refractivity contribution in [3.8, 4) is 11.5 Å². The van der Waals surface area contributed by atoms with E-state index in [2.05, 4.69) is 30.1 Å². The molecular formula is C33H53ClN4O4S2. The molecule has 1 amide bonds. The molecule has 8 nitrogen and oxygen atoms in total. The minimum atomic E-state index is -0.571. The highest BCUT2D eigenvalue weighted by Crippen LogP contribution is 2.15. The Morgan fingerprint density at radius 3 is 1.48 bits per heavy atom. The van der Waals surface area contributed by atoms with Crippen LogP contribution in [0.25, 0.3) is 0 Å². The van der Waals surface area contributed by atoms with Gasteiger partial charge in [0.05, 0.1) is 13.2 Å². The van der Waals surface area contributed by atoms with Gasteiger partial charge in [0, 0.05) is 11.1 Å². The number of carbonyl (C=O) groups excluding carboxylic acids is 1. The first-order valence-electron chi connectivity index (χ1n) is 15.4. The maximum absolute atomic E-state index is 11.6. The molecule has 0 fully saturated rings. The van der Waals surface area contributed by atoms with Crippen LogP contribution in [0, 0.1) is 0 Å². The number of ether oxygens (including phenoxy) is 3. The van der Waals surface area contributed by atoms with E-state index in [1.54, 1.807) is 20.8 Å². The molecule has 0 saturated carbocycles. The van der Waals surface area contributed by atoms with Gasteiger partial charge in [-0.25, -0.2) is 16.1 Å². The Hall–Kier alpha value is -2.66. The fourth-order valence-corrected chi connectivity index (χ4v) is 4.09. The summed E-state index contributed by atoms with van der Waals surface area (Å²) < 4.78 is 16.5. The van der Waals surface area contributed by atoms with Gasteiger partial charge in [-0.3, -0.25) is 5.43 Å². The van der Waals surface area contributed by atoms with Crippen LogP contribution in [0.4, 0.5) is 4.79 Å². The fraction of sp³-hybridized carbons (Fsp3) is 0.545. The molecule has 11 heteroatoms. The highest BCUT2D eigenvalue weighted by Gasteiger charge is 2.16. The standard InChI is InChI=1S/C19H30N2O3S.C14H22N2OS.ClH/c1-5-6-7-8-9-14-23-16-12-10-15(11-13-16)17(25)20-21-18(22)24-19(2,3)4;1-2-3-4-5-6-11-17-13-9-7-12(8-10-13)14(18)16-15;/h10-13H,5-9,14H2,1-4H3,(H,20,25)(H,21,22);7-10H,2-6,11,15H2,1H3,(H,16,18);1H. The van der Waals surface area contributed by atoms with Crippen LogP contribution in [0.2, 0.25) is 0 Å². The summed E-state index contributed by atoms with van der Waals surface area (Å²) >= 11 is 10.3. The van der Waals surface area contributed by atoms with Crippen molar-refractivity contribution in [1.82, 2.24) is 16.3 Å². The third-order valence-corrected chi connectivity index (χ3v) is 6.77. The minimum Gasteiger partial charge on any atom is -0.494 e. The molecule has 0 unspecified atom stereocenters. The van der Waals surface area contributed by atoms with Gasteiger partial charge < -0.3 is 19.6 Å². The molecule has 2 rings (SSSR count). The van der Waals surface area contributed by atoms with Crippen molar-refractivity contribution in [3.63, 3.8) is 0 Å². The molecule has 0 bridgehead atoms. The number of halogens is 1. The summed E-state index contributed by atoms with van der Waals surface area (Å²) in [5.41, 5.74) is 8.71. The topological polar surface area (TPSA) is 107 Å². The molecule has 2 aromatic rings. The summed E-state index contributed by atoms with van der Waals surface area (Å²) in [6.45, 7) is 11.3. The second-order valence-corrected chi connectivity index (χ2v) is 11.9. The third kappa shape index (κ3) is 20.3. The maximum atomic E-state index is 11.6. The Morgan fingerprint density at radius 1 is 0.682 bits per heavy atom. The summed E-state index contributed by atoms with van der Waals surface area (Å²) in [4.78, 5) is 12.5. The Labute approximate surface area is 281 Å². The third-order valence-electron chi connectivity index (χ3n) is 6.07. The lowest BCUT2D eigenvalue weighted by atomic mass is 10.2. The summed E-state index contributed by atoms with van der Waals surface area (Å²) in [5, 5.41) is 0. The number of benzene rings is 2. The first-order valence-corrected chi connectivity index (χ1v) is 16.2. The van der Waals surface area contributed by atoms with E-state index >= 15 is 0 Å². The molecule has 0 saturated heterocycles. The molecule has 0 heterocycles. The number of nitrogens with one attached hydrogen (secondary N) is 3. The van der Waals surface area contributed by atoms with Gasteiger partial charge in [0.25, 0.3) is 0 Å². The van der Waals surface area contributed by atoms with E-state index in [9.17, 15) is 4.79 Å². The largest absolute Gasteiger partial charge is 0.494 e. The summed E-state index contributed by atoms with van der Waals surface area (Å²) in [6, 6.07) is 15.1. The molecular weight excluding hydrogens is 616 g/mol. The number of amides is 1. The van der Waals surface area contributed by atoms with Crippen LogP contribution in [0.15, 0.2) is 48.5 Å². The van der Waals surface area contributed by atoms with Crippen molar-refractivity contribution in [2.45, 2.75) is 104 Å². The van der Waals surface area contributed by atoms with Gasteiger partial charge in [-0.05, 0) is 82.1 Å². The number of hydrazine groups is 2. The van der Waals surface area contributed by atoms with Crippen LogP contribution in [0.5, 0.6) is 11.5 Å². The molecule has 0 radical (unpaired) electrons. The van der Waals surface area contributed by atoms with Gasteiger partial charge in [-0.15, -0.1) is 12.4 Å². The molecule has 0 aliphatic heterocycles. The number of hydrogen-bond donors (Lipinski definition) is 4. The van der Waals surface area contributed by atoms with Crippen molar-refractivity contribution in [3.05, 3.63) is 59.7 Å². The maximum Gasteiger partial charge on any atom is 0.426 e. The Kier molecular flexibility index (Phi) is 23.1. The molecule has 5 N–H and O–H groups in total. The van der Waals surface area contributed by atoms with Crippen LogP contribution in [-0.2, 0) is 4.74 Å². The first-order chi connectivity index (χ1) is 20.6. The lowest BCUT2D eigenvalue weighted by molar-refractivity contribution is 0.0513. The van der Waals surface area contributed by atoms with E-state index in [1.165, 1.54) is 51.4 Å². The summed E-state index contributed by atoms with van der Waals surface area (Å²) in [5.74, 6) is 6.96. The van der Waals surface area contributed by atoms with Crippen molar-refractivity contribution in [2.24, 2.45) is 5.84 Å².